The monoisotopic (exact) mass is 356 g/mol. The number of hydrogen-bond acceptors (Lipinski definition) is 3. The highest BCUT2D eigenvalue weighted by Gasteiger charge is 2.26. The Kier molecular flexibility index (Phi) is 5.86. The third-order valence-corrected chi connectivity index (χ3v) is 4.20. The third kappa shape index (κ3) is 4.74. The molecule has 0 aliphatic rings. The van der Waals surface area contributed by atoms with Crippen LogP contribution in [0.1, 0.15) is 22.8 Å². The predicted octanol–water partition coefficient (Wildman–Crippen LogP) is 4.34. The summed E-state index contributed by atoms with van der Waals surface area (Å²) in [5.74, 6) is 0.515. The zero-order valence-corrected chi connectivity index (χ0v) is 15.1. The first-order valence-corrected chi connectivity index (χ1v) is 8.68. The van der Waals surface area contributed by atoms with Crippen LogP contribution in [0.5, 0.6) is 5.75 Å². The molecule has 0 radical (unpaired) electrons. The second-order valence-corrected chi connectivity index (χ2v) is 6.22. The van der Waals surface area contributed by atoms with Crippen LogP contribution in [-0.4, -0.2) is 17.9 Å². The van der Waals surface area contributed by atoms with Crippen molar-refractivity contribution >= 4 is 5.91 Å². The van der Waals surface area contributed by atoms with E-state index in [4.69, 9.17) is 10.00 Å². The normalized spacial score (nSPS) is 11.3. The molecule has 3 rings (SSSR count). The predicted molar refractivity (Wildman–Crippen MR) is 104 cm³/mol. The lowest BCUT2D eigenvalue weighted by Gasteiger charge is -2.25. The fraction of sp³-hybridized carbons (Fsp3) is 0.130. The summed E-state index contributed by atoms with van der Waals surface area (Å²) in [4.78, 5) is 14.8. The molecular formula is C23H20N2O2. The van der Waals surface area contributed by atoms with Crippen LogP contribution in [0.4, 0.5) is 0 Å². The molecule has 1 unspecified atom stereocenters. The first-order chi connectivity index (χ1) is 13.2. The molecule has 0 bridgehead atoms. The number of rotatable bonds is 6. The van der Waals surface area contributed by atoms with Gasteiger partial charge < -0.3 is 9.64 Å². The lowest BCUT2D eigenvalue weighted by Crippen LogP contribution is -2.34. The molecule has 3 aromatic carbocycles. The molecule has 3 aromatic rings. The van der Waals surface area contributed by atoms with Crippen molar-refractivity contribution < 1.29 is 9.53 Å². The lowest BCUT2D eigenvalue weighted by atomic mass is 10.1. The van der Waals surface area contributed by atoms with Crippen molar-refractivity contribution in [1.29, 1.82) is 5.26 Å². The molecule has 0 fully saturated rings. The SMILES string of the molecule is CN(Cc1ccc(C#N)cc1)C(=O)C(Oc1ccccc1)c1ccccc1. The summed E-state index contributed by atoms with van der Waals surface area (Å²) in [6, 6.07) is 28.1. The molecule has 0 aliphatic heterocycles. The smallest absolute Gasteiger partial charge is 0.268 e. The summed E-state index contributed by atoms with van der Waals surface area (Å²) in [6.45, 7) is 0.437. The maximum atomic E-state index is 13.1. The van der Waals surface area contributed by atoms with Crippen LogP contribution >= 0.6 is 0 Å². The van der Waals surface area contributed by atoms with Crippen molar-refractivity contribution in [3.63, 3.8) is 0 Å². The molecule has 27 heavy (non-hydrogen) atoms. The van der Waals surface area contributed by atoms with Gasteiger partial charge in [0.1, 0.15) is 5.75 Å². The van der Waals surface area contributed by atoms with Crippen LogP contribution in [0.3, 0.4) is 0 Å². The van der Waals surface area contributed by atoms with Gasteiger partial charge in [-0.3, -0.25) is 4.79 Å². The Morgan fingerprint density at radius 1 is 0.963 bits per heavy atom. The molecule has 0 saturated carbocycles. The Hall–Kier alpha value is -3.58. The van der Waals surface area contributed by atoms with E-state index in [-0.39, 0.29) is 5.91 Å². The molecule has 0 N–H and O–H groups in total. The lowest BCUT2D eigenvalue weighted by molar-refractivity contribution is -0.138. The Bertz CT molecular complexity index is 916. The van der Waals surface area contributed by atoms with E-state index in [1.807, 2.05) is 72.8 Å². The second kappa shape index (κ2) is 8.68. The van der Waals surface area contributed by atoms with E-state index in [2.05, 4.69) is 6.07 Å². The van der Waals surface area contributed by atoms with Crippen LogP contribution in [0.15, 0.2) is 84.9 Å². The van der Waals surface area contributed by atoms with Gasteiger partial charge in [0.25, 0.3) is 5.91 Å². The largest absolute Gasteiger partial charge is 0.476 e. The molecule has 0 aliphatic carbocycles. The maximum absolute atomic E-state index is 13.1. The van der Waals surface area contributed by atoms with E-state index in [0.29, 0.717) is 17.9 Å². The Morgan fingerprint density at radius 3 is 2.15 bits per heavy atom. The average molecular weight is 356 g/mol. The quantitative estimate of drug-likeness (QED) is 0.660. The number of likely N-dealkylation sites (N-methyl/N-ethyl adjacent to an activating group) is 1. The molecule has 0 spiro atoms. The first kappa shape index (κ1) is 18.2. The van der Waals surface area contributed by atoms with Gasteiger partial charge in [0.2, 0.25) is 6.10 Å². The van der Waals surface area contributed by atoms with Gasteiger partial charge in [-0.1, -0.05) is 60.7 Å². The van der Waals surface area contributed by atoms with Crippen LogP contribution in [0.25, 0.3) is 0 Å². The number of amides is 1. The van der Waals surface area contributed by atoms with Crippen molar-refractivity contribution in [1.82, 2.24) is 4.90 Å². The van der Waals surface area contributed by atoms with Crippen molar-refractivity contribution in [2.45, 2.75) is 12.6 Å². The number of carbonyl (C=O) groups is 1. The molecule has 4 heteroatoms. The van der Waals surface area contributed by atoms with Gasteiger partial charge in [-0.2, -0.15) is 5.26 Å². The fourth-order valence-electron chi connectivity index (χ4n) is 2.76. The van der Waals surface area contributed by atoms with Gasteiger partial charge in [-0.05, 0) is 29.8 Å². The summed E-state index contributed by atoms with van der Waals surface area (Å²) in [5, 5.41) is 8.91. The van der Waals surface area contributed by atoms with Gasteiger partial charge in [-0.15, -0.1) is 0 Å². The van der Waals surface area contributed by atoms with Crippen LogP contribution in [0, 0.1) is 11.3 Å². The van der Waals surface area contributed by atoms with E-state index >= 15 is 0 Å². The zero-order valence-electron chi connectivity index (χ0n) is 15.1. The van der Waals surface area contributed by atoms with Crippen LogP contribution < -0.4 is 4.74 Å². The van der Waals surface area contributed by atoms with Gasteiger partial charge in [0.15, 0.2) is 0 Å². The number of nitriles is 1. The summed E-state index contributed by atoms with van der Waals surface area (Å²) < 4.78 is 6.02. The number of para-hydroxylation sites is 1. The van der Waals surface area contributed by atoms with Crippen molar-refractivity contribution in [3.05, 3.63) is 102 Å². The topological polar surface area (TPSA) is 53.3 Å². The minimum absolute atomic E-state index is 0.130. The zero-order chi connectivity index (χ0) is 19.1. The van der Waals surface area contributed by atoms with E-state index < -0.39 is 6.10 Å². The minimum Gasteiger partial charge on any atom is -0.476 e. The van der Waals surface area contributed by atoms with Crippen molar-refractivity contribution in [2.24, 2.45) is 0 Å². The number of nitrogens with zero attached hydrogens (tertiary/aromatic N) is 2. The molecule has 1 atom stereocenters. The Labute approximate surface area is 159 Å². The van der Waals surface area contributed by atoms with Crippen LogP contribution in [0.2, 0.25) is 0 Å². The van der Waals surface area contributed by atoms with Crippen molar-refractivity contribution in [3.8, 4) is 11.8 Å². The highest BCUT2D eigenvalue weighted by Crippen LogP contribution is 2.24. The van der Waals surface area contributed by atoms with Gasteiger partial charge in [0, 0.05) is 19.2 Å². The number of hydrogen-bond donors (Lipinski definition) is 0. The average Bonchev–Trinajstić information content (AvgIpc) is 2.73. The highest BCUT2D eigenvalue weighted by molar-refractivity contribution is 5.82. The first-order valence-electron chi connectivity index (χ1n) is 8.68. The summed E-state index contributed by atoms with van der Waals surface area (Å²) in [7, 11) is 1.75. The van der Waals surface area contributed by atoms with Gasteiger partial charge in [0.05, 0.1) is 11.6 Å². The summed E-state index contributed by atoms with van der Waals surface area (Å²) in [5.41, 5.74) is 2.36. The molecule has 134 valence electrons. The minimum atomic E-state index is -0.725. The molecule has 1 amide bonds. The van der Waals surface area contributed by atoms with Crippen molar-refractivity contribution in [2.75, 3.05) is 7.05 Å². The Morgan fingerprint density at radius 2 is 1.56 bits per heavy atom. The summed E-state index contributed by atoms with van der Waals surface area (Å²) in [6.07, 6.45) is -0.725. The fourth-order valence-corrected chi connectivity index (χ4v) is 2.76. The maximum Gasteiger partial charge on any atom is 0.268 e. The second-order valence-electron chi connectivity index (χ2n) is 6.22. The van der Waals surface area contributed by atoms with E-state index in [0.717, 1.165) is 11.1 Å². The van der Waals surface area contributed by atoms with Gasteiger partial charge >= 0.3 is 0 Å². The Balaban J connectivity index is 1.80. The van der Waals surface area contributed by atoms with Crippen LogP contribution in [-0.2, 0) is 11.3 Å². The standard InChI is InChI=1S/C23H20N2O2/c1-25(17-19-14-12-18(16-24)13-15-19)23(26)22(20-8-4-2-5-9-20)27-21-10-6-3-7-11-21/h2-15,22H,17H2,1H3. The number of ether oxygens (including phenoxy) is 1. The van der Waals surface area contributed by atoms with E-state index in [1.165, 1.54) is 0 Å². The van der Waals surface area contributed by atoms with E-state index in [1.54, 1.807) is 24.1 Å². The molecule has 0 aromatic heterocycles. The number of carbonyl (C=O) groups excluding carboxylic acids is 1. The summed E-state index contributed by atoms with van der Waals surface area (Å²) >= 11 is 0. The molecular weight excluding hydrogens is 336 g/mol. The van der Waals surface area contributed by atoms with E-state index in [9.17, 15) is 4.79 Å². The third-order valence-electron chi connectivity index (χ3n) is 4.20. The number of benzene rings is 3. The highest BCUT2D eigenvalue weighted by atomic mass is 16.5. The molecule has 0 saturated heterocycles. The molecule has 4 nitrogen and oxygen atoms in total. The van der Waals surface area contributed by atoms with Gasteiger partial charge in [-0.25, -0.2) is 0 Å². The molecule has 0 heterocycles.